The predicted octanol–water partition coefficient (Wildman–Crippen LogP) is 3.43. The SMILES string of the molecule is C=Nc1ccc(CC(C)(C)N=CC)cc1. The van der Waals surface area contributed by atoms with E-state index in [-0.39, 0.29) is 5.54 Å². The van der Waals surface area contributed by atoms with Gasteiger partial charge in [0.05, 0.1) is 11.2 Å². The van der Waals surface area contributed by atoms with Gasteiger partial charge in [0.15, 0.2) is 0 Å². The first-order valence-corrected chi connectivity index (χ1v) is 5.13. The molecule has 0 N–H and O–H groups in total. The van der Waals surface area contributed by atoms with E-state index in [2.05, 4.69) is 42.7 Å². The maximum Gasteiger partial charge on any atom is 0.0622 e. The van der Waals surface area contributed by atoms with Gasteiger partial charge in [-0.1, -0.05) is 12.1 Å². The van der Waals surface area contributed by atoms with Gasteiger partial charge >= 0.3 is 0 Å². The summed E-state index contributed by atoms with van der Waals surface area (Å²) in [7, 11) is 0. The summed E-state index contributed by atoms with van der Waals surface area (Å²) >= 11 is 0. The van der Waals surface area contributed by atoms with Gasteiger partial charge in [0.2, 0.25) is 0 Å². The van der Waals surface area contributed by atoms with E-state index in [1.54, 1.807) is 0 Å². The van der Waals surface area contributed by atoms with Crippen molar-refractivity contribution in [3.8, 4) is 0 Å². The average Bonchev–Trinajstić information content (AvgIpc) is 2.18. The lowest BCUT2D eigenvalue weighted by Gasteiger charge is -2.19. The Hall–Kier alpha value is -1.44. The molecule has 0 amide bonds. The normalized spacial score (nSPS) is 11.9. The highest BCUT2D eigenvalue weighted by atomic mass is 14.8. The minimum Gasteiger partial charge on any atom is -0.291 e. The molecule has 0 saturated carbocycles. The second-order valence-corrected chi connectivity index (χ2v) is 4.20. The summed E-state index contributed by atoms with van der Waals surface area (Å²) in [6.45, 7) is 9.71. The lowest BCUT2D eigenvalue weighted by atomic mass is 9.95. The van der Waals surface area contributed by atoms with Gasteiger partial charge in [-0.05, 0) is 57.8 Å². The van der Waals surface area contributed by atoms with Gasteiger partial charge in [0.1, 0.15) is 0 Å². The second-order valence-electron chi connectivity index (χ2n) is 4.20. The molecule has 15 heavy (non-hydrogen) atoms. The molecule has 2 nitrogen and oxygen atoms in total. The molecule has 0 heterocycles. The largest absolute Gasteiger partial charge is 0.291 e. The molecule has 1 rings (SSSR count). The molecule has 0 radical (unpaired) electrons. The van der Waals surface area contributed by atoms with E-state index in [9.17, 15) is 0 Å². The Balaban J connectivity index is 2.76. The lowest BCUT2D eigenvalue weighted by Crippen LogP contribution is -2.20. The molecule has 0 atom stereocenters. The third kappa shape index (κ3) is 3.66. The number of hydrogen-bond donors (Lipinski definition) is 0. The Morgan fingerprint density at radius 2 is 1.87 bits per heavy atom. The maximum absolute atomic E-state index is 4.43. The number of benzene rings is 1. The molecule has 80 valence electrons. The van der Waals surface area contributed by atoms with E-state index in [0.717, 1.165) is 12.1 Å². The molecule has 0 unspecified atom stereocenters. The smallest absolute Gasteiger partial charge is 0.0622 e. The van der Waals surface area contributed by atoms with Gasteiger partial charge in [-0.15, -0.1) is 0 Å². The third-order valence-electron chi connectivity index (χ3n) is 2.23. The van der Waals surface area contributed by atoms with Gasteiger partial charge in [-0.2, -0.15) is 0 Å². The summed E-state index contributed by atoms with van der Waals surface area (Å²) in [6.07, 6.45) is 2.80. The van der Waals surface area contributed by atoms with Crippen molar-refractivity contribution in [1.82, 2.24) is 0 Å². The van der Waals surface area contributed by atoms with Gasteiger partial charge in [-0.25, -0.2) is 0 Å². The fourth-order valence-electron chi connectivity index (χ4n) is 1.61. The fraction of sp³-hybridized carbons (Fsp3) is 0.385. The van der Waals surface area contributed by atoms with Crippen LogP contribution in [0.3, 0.4) is 0 Å². The molecule has 0 aromatic heterocycles. The first-order chi connectivity index (χ1) is 7.07. The molecule has 0 aliphatic rings. The maximum atomic E-state index is 4.43. The van der Waals surface area contributed by atoms with Gasteiger partial charge in [0.25, 0.3) is 0 Å². The summed E-state index contributed by atoms with van der Waals surface area (Å²) in [6, 6.07) is 8.12. The summed E-state index contributed by atoms with van der Waals surface area (Å²) in [5.74, 6) is 0. The van der Waals surface area contributed by atoms with Crippen molar-refractivity contribution >= 4 is 18.6 Å². The Bertz CT molecular complexity index is 347. The highest BCUT2D eigenvalue weighted by molar-refractivity contribution is 5.54. The number of rotatable bonds is 4. The molecule has 0 fully saturated rings. The third-order valence-corrected chi connectivity index (χ3v) is 2.23. The molecule has 2 heteroatoms. The van der Waals surface area contributed by atoms with Crippen LogP contribution in [-0.4, -0.2) is 18.5 Å². The van der Waals surface area contributed by atoms with Gasteiger partial charge in [0, 0.05) is 0 Å². The molecular formula is C13H18N2. The molecule has 0 aliphatic heterocycles. The zero-order valence-corrected chi connectivity index (χ0v) is 9.70. The van der Waals surface area contributed by atoms with E-state index in [0.29, 0.717) is 0 Å². The minimum absolute atomic E-state index is 0.0299. The standard InChI is InChI=1S/C13H18N2/c1-5-15-13(2,3)10-11-6-8-12(14-4)9-7-11/h5-9H,4,10H2,1-3H3. The van der Waals surface area contributed by atoms with Crippen molar-refractivity contribution in [2.24, 2.45) is 9.98 Å². The van der Waals surface area contributed by atoms with Crippen LogP contribution >= 0.6 is 0 Å². The van der Waals surface area contributed by atoms with Crippen molar-refractivity contribution < 1.29 is 0 Å². The van der Waals surface area contributed by atoms with E-state index >= 15 is 0 Å². The fourth-order valence-corrected chi connectivity index (χ4v) is 1.61. The molecule has 1 aromatic rings. The molecule has 0 spiro atoms. The summed E-state index contributed by atoms with van der Waals surface area (Å²) in [5.41, 5.74) is 2.16. The van der Waals surface area contributed by atoms with Crippen LogP contribution in [0.15, 0.2) is 34.3 Å². The van der Waals surface area contributed by atoms with Gasteiger partial charge < -0.3 is 0 Å². The van der Waals surface area contributed by atoms with Crippen LogP contribution in [-0.2, 0) is 6.42 Å². The predicted molar refractivity (Wildman–Crippen MR) is 67.6 cm³/mol. The Labute approximate surface area is 91.8 Å². The zero-order chi connectivity index (χ0) is 11.3. The minimum atomic E-state index is -0.0299. The highest BCUT2D eigenvalue weighted by Gasteiger charge is 2.15. The van der Waals surface area contributed by atoms with Crippen molar-refractivity contribution in [3.63, 3.8) is 0 Å². The van der Waals surface area contributed by atoms with E-state index in [4.69, 9.17) is 0 Å². The van der Waals surface area contributed by atoms with Crippen LogP contribution < -0.4 is 0 Å². The first-order valence-electron chi connectivity index (χ1n) is 5.13. The van der Waals surface area contributed by atoms with E-state index in [1.807, 2.05) is 25.3 Å². The van der Waals surface area contributed by atoms with E-state index < -0.39 is 0 Å². The molecule has 0 aliphatic carbocycles. The van der Waals surface area contributed by atoms with Crippen LogP contribution in [0, 0.1) is 0 Å². The Kier molecular flexibility index (Phi) is 3.78. The van der Waals surface area contributed by atoms with Crippen LogP contribution in [0.4, 0.5) is 5.69 Å². The molecular weight excluding hydrogens is 184 g/mol. The van der Waals surface area contributed by atoms with Crippen molar-refractivity contribution in [2.75, 3.05) is 0 Å². The summed E-state index contributed by atoms with van der Waals surface area (Å²) < 4.78 is 0. The van der Waals surface area contributed by atoms with Crippen LogP contribution in [0.25, 0.3) is 0 Å². The first kappa shape index (κ1) is 11.6. The Morgan fingerprint density at radius 3 is 2.33 bits per heavy atom. The van der Waals surface area contributed by atoms with Gasteiger partial charge in [-0.3, -0.25) is 9.98 Å². The summed E-state index contributed by atoms with van der Waals surface area (Å²) in [5, 5.41) is 0. The number of aliphatic imine (C=N–C) groups is 2. The van der Waals surface area contributed by atoms with Crippen molar-refractivity contribution in [3.05, 3.63) is 29.8 Å². The Morgan fingerprint density at radius 1 is 1.27 bits per heavy atom. The lowest BCUT2D eigenvalue weighted by molar-refractivity contribution is 0.522. The second kappa shape index (κ2) is 4.87. The quantitative estimate of drug-likeness (QED) is 0.668. The van der Waals surface area contributed by atoms with Crippen LogP contribution in [0.2, 0.25) is 0 Å². The molecule has 1 aromatic carbocycles. The van der Waals surface area contributed by atoms with Crippen LogP contribution in [0.5, 0.6) is 0 Å². The van der Waals surface area contributed by atoms with Crippen LogP contribution in [0.1, 0.15) is 26.3 Å². The summed E-state index contributed by atoms with van der Waals surface area (Å²) in [4.78, 5) is 8.30. The monoisotopic (exact) mass is 202 g/mol. The molecule has 0 saturated heterocycles. The van der Waals surface area contributed by atoms with Crippen molar-refractivity contribution in [2.45, 2.75) is 32.7 Å². The van der Waals surface area contributed by atoms with E-state index in [1.165, 1.54) is 5.56 Å². The average molecular weight is 202 g/mol. The topological polar surface area (TPSA) is 24.7 Å². The zero-order valence-electron chi connectivity index (χ0n) is 9.70. The number of hydrogen-bond acceptors (Lipinski definition) is 2. The number of nitrogens with zero attached hydrogens (tertiary/aromatic N) is 2. The van der Waals surface area contributed by atoms with Crippen molar-refractivity contribution in [1.29, 1.82) is 0 Å². The highest BCUT2D eigenvalue weighted by Crippen LogP contribution is 2.19. The molecule has 0 bridgehead atoms.